The monoisotopic (exact) mass is 370 g/mol. The van der Waals surface area contributed by atoms with Crippen molar-refractivity contribution in [3.8, 4) is 0 Å². The second kappa shape index (κ2) is 7.95. The van der Waals surface area contributed by atoms with Gasteiger partial charge in [-0.2, -0.15) is 13.2 Å². The summed E-state index contributed by atoms with van der Waals surface area (Å²) in [6.07, 6.45) is -4.55. The number of hydrogen-bond donors (Lipinski definition) is 2. The molecule has 0 aliphatic heterocycles. The van der Waals surface area contributed by atoms with Gasteiger partial charge >= 0.3 is 12.2 Å². The maximum absolute atomic E-state index is 13.1. The highest BCUT2D eigenvalue weighted by atomic mass is 19.4. The van der Waals surface area contributed by atoms with Gasteiger partial charge in [-0.05, 0) is 23.3 Å². The van der Waals surface area contributed by atoms with Crippen molar-refractivity contribution < 1.29 is 18.0 Å². The Balaban J connectivity index is 1.84. The molecule has 0 spiro atoms. The van der Waals surface area contributed by atoms with E-state index in [9.17, 15) is 18.0 Å². The quantitative estimate of drug-likeness (QED) is 0.615. The summed E-state index contributed by atoms with van der Waals surface area (Å²) < 4.78 is 39.4. The van der Waals surface area contributed by atoms with Crippen LogP contribution in [0, 0.1) is 0 Å². The molecular weight excluding hydrogens is 353 g/mol. The number of alkyl halides is 3. The van der Waals surface area contributed by atoms with Gasteiger partial charge in [0.2, 0.25) is 0 Å². The maximum Gasteiger partial charge on any atom is 0.418 e. The standard InChI is InChI=1S/C21H17F3N2O/c22-21(23,24)17-13-7-8-14-18(17)25-20(27)26-19(15-9-3-1-4-10-15)16-11-5-2-6-12-16/h1-14,19H,(H2,25,26,27). The van der Waals surface area contributed by atoms with Crippen molar-refractivity contribution in [2.24, 2.45) is 0 Å². The van der Waals surface area contributed by atoms with E-state index in [2.05, 4.69) is 10.6 Å². The molecule has 3 aromatic carbocycles. The Bertz CT molecular complexity index is 857. The van der Waals surface area contributed by atoms with E-state index in [0.717, 1.165) is 17.2 Å². The van der Waals surface area contributed by atoms with Crippen LogP contribution in [0.4, 0.5) is 23.7 Å². The molecule has 0 bridgehead atoms. The molecule has 0 fully saturated rings. The summed E-state index contributed by atoms with van der Waals surface area (Å²) in [5, 5.41) is 5.08. The number of nitrogens with one attached hydrogen (secondary N) is 2. The summed E-state index contributed by atoms with van der Waals surface area (Å²) in [4.78, 5) is 12.5. The molecule has 0 saturated heterocycles. The molecule has 0 aliphatic rings. The van der Waals surface area contributed by atoms with Crippen LogP contribution in [0.25, 0.3) is 0 Å². The lowest BCUT2D eigenvalue weighted by molar-refractivity contribution is -0.136. The van der Waals surface area contributed by atoms with Gasteiger partial charge in [0.1, 0.15) is 0 Å². The molecule has 0 unspecified atom stereocenters. The molecule has 0 atom stereocenters. The van der Waals surface area contributed by atoms with Crippen LogP contribution in [-0.2, 0) is 6.18 Å². The second-order valence-electron chi connectivity index (χ2n) is 5.90. The van der Waals surface area contributed by atoms with Gasteiger partial charge in [0.05, 0.1) is 17.3 Å². The average Bonchev–Trinajstić information content (AvgIpc) is 2.67. The fourth-order valence-electron chi connectivity index (χ4n) is 2.78. The van der Waals surface area contributed by atoms with Gasteiger partial charge in [-0.1, -0.05) is 72.8 Å². The summed E-state index contributed by atoms with van der Waals surface area (Å²) in [6.45, 7) is 0. The Kier molecular flexibility index (Phi) is 5.45. The van der Waals surface area contributed by atoms with E-state index in [-0.39, 0.29) is 5.69 Å². The highest BCUT2D eigenvalue weighted by Gasteiger charge is 2.33. The molecule has 0 saturated carbocycles. The molecule has 3 aromatic rings. The molecule has 0 radical (unpaired) electrons. The summed E-state index contributed by atoms with van der Waals surface area (Å²) in [5.41, 5.74) is 0.462. The largest absolute Gasteiger partial charge is 0.418 e. The van der Waals surface area contributed by atoms with E-state index in [4.69, 9.17) is 0 Å². The molecular formula is C21H17F3N2O. The number of para-hydroxylation sites is 1. The van der Waals surface area contributed by atoms with Crippen molar-refractivity contribution in [1.29, 1.82) is 0 Å². The predicted octanol–water partition coefficient (Wildman–Crippen LogP) is 5.62. The Labute approximate surface area is 154 Å². The van der Waals surface area contributed by atoms with Gasteiger partial charge in [0.15, 0.2) is 0 Å². The number of anilines is 1. The normalized spacial score (nSPS) is 11.3. The van der Waals surface area contributed by atoms with Crippen molar-refractivity contribution in [3.05, 3.63) is 102 Å². The third-order valence-corrected chi connectivity index (χ3v) is 4.02. The number of carbonyl (C=O) groups excluding carboxylic acids is 1. The molecule has 27 heavy (non-hydrogen) atoms. The molecule has 3 rings (SSSR count). The molecule has 0 aromatic heterocycles. The zero-order chi connectivity index (χ0) is 19.3. The highest BCUT2D eigenvalue weighted by molar-refractivity contribution is 5.90. The van der Waals surface area contributed by atoms with E-state index in [1.165, 1.54) is 18.2 Å². The minimum atomic E-state index is -4.55. The van der Waals surface area contributed by atoms with Gasteiger partial charge in [-0.15, -0.1) is 0 Å². The number of rotatable bonds is 4. The fourth-order valence-corrected chi connectivity index (χ4v) is 2.78. The topological polar surface area (TPSA) is 41.1 Å². The first kappa shape index (κ1) is 18.5. The molecule has 6 heteroatoms. The van der Waals surface area contributed by atoms with Crippen molar-refractivity contribution >= 4 is 11.7 Å². The van der Waals surface area contributed by atoms with Gasteiger partial charge in [0, 0.05) is 0 Å². The first-order chi connectivity index (χ1) is 12.9. The molecule has 2 amide bonds. The number of amides is 2. The van der Waals surface area contributed by atoms with Crippen LogP contribution in [0.5, 0.6) is 0 Å². The third kappa shape index (κ3) is 4.67. The zero-order valence-corrected chi connectivity index (χ0v) is 14.2. The average molecular weight is 370 g/mol. The first-order valence-corrected chi connectivity index (χ1v) is 8.29. The lowest BCUT2D eigenvalue weighted by Crippen LogP contribution is -2.33. The third-order valence-electron chi connectivity index (χ3n) is 4.02. The van der Waals surface area contributed by atoms with Gasteiger partial charge in [-0.3, -0.25) is 0 Å². The molecule has 0 aliphatic carbocycles. The van der Waals surface area contributed by atoms with Crippen LogP contribution in [0.15, 0.2) is 84.9 Å². The first-order valence-electron chi connectivity index (χ1n) is 8.29. The van der Waals surface area contributed by atoms with E-state index in [1.807, 2.05) is 60.7 Å². The Morgan fingerprint density at radius 3 is 1.74 bits per heavy atom. The number of halogens is 3. The SMILES string of the molecule is O=C(Nc1ccccc1C(F)(F)F)NC(c1ccccc1)c1ccccc1. The molecule has 2 N–H and O–H groups in total. The van der Waals surface area contributed by atoms with Crippen molar-refractivity contribution in [2.45, 2.75) is 12.2 Å². The minimum Gasteiger partial charge on any atom is -0.327 e. The van der Waals surface area contributed by atoms with E-state index in [0.29, 0.717) is 0 Å². The van der Waals surface area contributed by atoms with Gasteiger partial charge in [-0.25, -0.2) is 4.79 Å². The maximum atomic E-state index is 13.1. The molecule has 0 heterocycles. The van der Waals surface area contributed by atoms with Gasteiger partial charge in [0.25, 0.3) is 0 Å². The van der Waals surface area contributed by atoms with Crippen LogP contribution in [0.1, 0.15) is 22.7 Å². The Morgan fingerprint density at radius 1 is 0.741 bits per heavy atom. The van der Waals surface area contributed by atoms with Crippen molar-refractivity contribution in [1.82, 2.24) is 5.32 Å². The van der Waals surface area contributed by atoms with E-state index in [1.54, 1.807) is 0 Å². The Hall–Kier alpha value is -3.28. The number of urea groups is 1. The smallest absolute Gasteiger partial charge is 0.327 e. The lowest BCUT2D eigenvalue weighted by Gasteiger charge is -2.21. The highest BCUT2D eigenvalue weighted by Crippen LogP contribution is 2.34. The van der Waals surface area contributed by atoms with E-state index >= 15 is 0 Å². The lowest BCUT2D eigenvalue weighted by atomic mass is 9.99. The summed E-state index contributed by atoms with van der Waals surface area (Å²) in [6, 6.07) is 22.1. The summed E-state index contributed by atoms with van der Waals surface area (Å²) in [5.74, 6) is 0. The van der Waals surface area contributed by atoms with Crippen molar-refractivity contribution in [2.75, 3.05) is 5.32 Å². The minimum absolute atomic E-state index is 0.289. The number of carbonyl (C=O) groups is 1. The Morgan fingerprint density at radius 2 is 1.22 bits per heavy atom. The second-order valence-corrected chi connectivity index (χ2v) is 5.90. The fraction of sp³-hybridized carbons (Fsp3) is 0.0952. The van der Waals surface area contributed by atoms with Gasteiger partial charge < -0.3 is 10.6 Å². The van der Waals surface area contributed by atoms with Crippen LogP contribution in [0.2, 0.25) is 0 Å². The van der Waals surface area contributed by atoms with Crippen LogP contribution >= 0.6 is 0 Å². The summed E-state index contributed by atoms with van der Waals surface area (Å²) >= 11 is 0. The summed E-state index contributed by atoms with van der Waals surface area (Å²) in [7, 11) is 0. The van der Waals surface area contributed by atoms with Crippen molar-refractivity contribution in [3.63, 3.8) is 0 Å². The number of hydrogen-bond acceptors (Lipinski definition) is 1. The van der Waals surface area contributed by atoms with Crippen LogP contribution in [0.3, 0.4) is 0 Å². The number of benzene rings is 3. The zero-order valence-electron chi connectivity index (χ0n) is 14.2. The predicted molar refractivity (Wildman–Crippen MR) is 98.3 cm³/mol. The molecule has 138 valence electrons. The molecule has 3 nitrogen and oxygen atoms in total. The van der Waals surface area contributed by atoms with Crippen LogP contribution < -0.4 is 10.6 Å². The van der Waals surface area contributed by atoms with Crippen LogP contribution in [-0.4, -0.2) is 6.03 Å². The van der Waals surface area contributed by atoms with E-state index < -0.39 is 23.8 Å².